The normalized spacial score (nSPS) is 11.1. The van der Waals surface area contributed by atoms with E-state index in [1.54, 1.807) is 0 Å². The van der Waals surface area contributed by atoms with Crippen LogP contribution in [-0.4, -0.2) is 15.0 Å². The minimum absolute atomic E-state index is 0.594. The average molecular weight is 815 g/mol. The van der Waals surface area contributed by atoms with E-state index in [1.807, 2.05) is 60.7 Å². The largest absolute Gasteiger partial charge is 0.208 e. The molecule has 0 spiro atoms. The highest BCUT2D eigenvalue weighted by atomic mass is 15.0. The molecule has 4 heteroatoms. The van der Waals surface area contributed by atoms with Crippen molar-refractivity contribution in [3.05, 3.63) is 236 Å². The highest BCUT2D eigenvalue weighted by Crippen LogP contribution is 2.39. The van der Waals surface area contributed by atoms with Crippen molar-refractivity contribution in [2.24, 2.45) is 0 Å². The molecule has 0 saturated carbocycles. The molecule has 11 rings (SSSR count). The van der Waals surface area contributed by atoms with Crippen molar-refractivity contribution in [1.29, 1.82) is 5.26 Å². The summed E-state index contributed by atoms with van der Waals surface area (Å²) in [7, 11) is 0. The summed E-state index contributed by atoms with van der Waals surface area (Å²) < 4.78 is 0. The summed E-state index contributed by atoms with van der Waals surface area (Å²) in [4.78, 5) is 15.4. The zero-order valence-corrected chi connectivity index (χ0v) is 34.7. The molecule has 0 aliphatic heterocycles. The molecular weight excluding hydrogens is 777 g/mol. The van der Waals surface area contributed by atoms with Gasteiger partial charge in [0.05, 0.1) is 11.6 Å². The number of fused-ring (bicyclic) bond motifs is 3. The number of nitrogens with zero attached hydrogens (tertiary/aromatic N) is 4. The minimum Gasteiger partial charge on any atom is -0.208 e. The fraction of sp³-hybridized carbons (Fsp3) is 0. The summed E-state index contributed by atoms with van der Waals surface area (Å²) >= 11 is 0. The number of nitriles is 1. The maximum Gasteiger partial charge on any atom is 0.164 e. The van der Waals surface area contributed by atoms with Crippen molar-refractivity contribution >= 4 is 21.5 Å². The second-order valence-corrected chi connectivity index (χ2v) is 15.9. The molecule has 298 valence electrons. The summed E-state index contributed by atoms with van der Waals surface area (Å²) in [6.07, 6.45) is 0. The SMILES string of the molecule is N#Cc1cc(-c2ccc(-c3ccccc3-c3nc(-c4ccccc4)nc(-c4ccccc4-c4ccccc4)n3)cc2)cc(-c2cccc(-c3cc4ccccc4c4ccccc34)c2)c1. The number of aromatic nitrogens is 3. The Bertz CT molecular complexity index is 3550. The van der Waals surface area contributed by atoms with E-state index in [1.165, 1.54) is 27.1 Å². The van der Waals surface area contributed by atoms with Gasteiger partial charge in [-0.15, -0.1) is 0 Å². The van der Waals surface area contributed by atoms with Crippen molar-refractivity contribution < 1.29 is 0 Å². The zero-order chi connectivity index (χ0) is 42.8. The van der Waals surface area contributed by atoms with Gasteiger partial charge in [0.25, 0.3) is 0 Å². The van der Waals surface area contributed by atoms with Crippen LogP contribution in [0.1, 0.15) is 5.56 Å². The van der Waals surface area contributed by atoms with Gasteiger partial charge in [-0.25, -0.2) is 15.0 Å². The van der Waals surface area contributed by atoms with E-state index in [0.29, 0.717) is 23.0 Å². The van der Waals surface area contributed by atoms with E-state index in [-0.39, 0.29) is 0 Å². The van der Waals surface area contributed by atoms with Crippen LogP contribution in [0, 0.1) is 11.3 Å². The van der Waals surface area contributed by atoms with Crippen molar-refractivity contribution in [3.8, 4) is 95.9 Å². The van der Waals surface area contributed by atoms with Crippen LogP contribution in [0.5, 0.6) is 0 Å². The summed E-state index contributed by atoms with van der Waals surface area (Å²) in [5.74, 6) is 1.81. The third kappa shape index (κ3) is 7.28. The molecule has 4 nitrogen and oxygen atoms in total. The lowest BCUT2D eigenvalue weighted by atomic mass is 9.90. The number of hydrogen-bond acceptors (Lipinski definition) is 4. The highest BCUT2D eigenvalue weighted by Gasteiger charge is 2.18. The van der Waals surface area contributed by atoms with Crippen LogP contribution < -0.4 is 0 Å². The van der Waals surface area contributed by atoms with Crippen LogP contribution in [-0.2, 0) is 0 Å². The van der Waals surface area contributed by atoms with Crippen molar-refractivity contribution in [1.82, 2.24) is 15.0 Å². The van der Waals surface area contributed by atoms with Gasteiger partial charge in [0, 0.05) is 16.7 Å². The first-order chi connectivity index (χ1) is 31.7. The Balaban J connectivity index is 0.966. The fourth-order valence-corrected chi connectivity index (χ4v) is 8.84. The van der Waals surface area contributed by atoms with Crippen LogP contribution >= 0.6 is 0 Å². The summed E-state index contributed by atoms with van der Waals surface area (Å²) in [6.45, 7) is 0. The lowest BCUT2D eigenvalue weighted by molar-refractivity contribution is 1.07. The van der Waals surface area contributed by atoms with Crippen LogP contribution in [0.3, 0.4) is 0 Å². The standard InChI is InChI=1S/C60H38N4/c61-39-40-34-48(37-49(35-40)45-21-15-22-46(36-45)57-38-47-20-7-8-25-52(47)53-26-11-12-27-54(53)57)41-30-32-43(33-31-41)51-24-10-14-29-56(51)60-63-58(44-18-5-2-6-19-44)62-59(64-60)55-28-13-9-23-50(55)42-16-3-1-4-17-42/h1-38H. The van der Waals surface area contributed by atoms with Gasteiger partial charge in [0.1, 0.15) is 0 Å². The third-order valence-corrected chi connectivity index (χ3v) is 12.0. The summed E-state index contributed by atoms with van der Waals surface area (Å²) in [5, 5.41) is 15.2. The molecular formula is C60H38N4. The first-order valence-corrected chi connectivity index (χ1v) is 21.4. The Morgan fingerprint density at radius 1 is 0.266 bits per heavy atom. The fourth-order valence-electron chi connectivity index (χ4n) is 8.84. The third-order valence-electron chi connectivity index (χ3n) is 12.0. The van der Waals surface area contributed by atoms with Crippen LogP contribution in [0.15, 0.2) is 231 Å². The molecule has 64 heavy (non-hydrogen) atoms. The Kier molecular flexibility index (Phi) is 9.89. The molecule has 1 heterocycles. The molecule has 0 saturated heterocycles. The topological polar surface area (TPSA) is 62.5 Å². The second-order valence-electron chi connectivity index (χ2n) is 15.9. The summed E-state index contributed by atoms with van der Waals surface area (Å²) in [5.41, 5.74) is 13.9. The molecule has 0 amide bonds. The summed E-state index contributed by atoms with van der Waals surface area (Å²) in [6, 6.07) is 82.2. The van der Waals surface area contributed by atoms with E-state index < -0.39 is 0 Å². The van der Waals surface area contributed by atoms with E-state index >= 15 is 0 Å². The quantitative estimate of drug-likeness (QED) is 0.143. The Morgan fingerprint density at radius 2 is 0.719 bits per heavy atom. The van der Waals surface area contributed by atoms with Crippen molar-refractivity contribution in [3.63, 3.8) is 0 Å². The molecule has 0 fully saturated rings. The van der Waals surface area contributed by atoms with Gasteiger partial charge in [0.15, 0.2) is 17.5 Å². The zero-order valence-electron chi connectivity index (χ0n) is 34.7. The molecule has 1 aromatic heterocycles. The predicted octanol–water partition coefficient (Wildman–Crippen LogP) is 15.4. The molecule has 0 aliphatic carbocycles. The second kappa shape index (κ2) is 16.6. The van der Waals surface area contributed by atoms with Gasteiger partial charge < -0.3 is 0 Å². The van der Waals surface area contributed by atoms with Crippen LogP contribution in [0.2, 0.25) is 0 Å². The number of hydrogen-bond donors (Lipinski definition) is 0. The van der Waals surface area contributed by atoms with Gasteiger partial charge in [-0.1, -0.05) is 200 Å². The lowest BCUT2D eigenvalue weighted by Crippen LogP contribution is -2.02. The van der Waals surface area contributed by atoms with Gasteiger partial charge in [-0.05, 0) is 108 Å². The number of rotatable bonds is 8. The maximum absolute atomic E-state index is 10.3. The Morgan fingerprint density at radius 3 is 1.38 bits per heavy atom. The van der Waals surface area contributed by atoms with E-state index in [9.17, 15) is 5.26 Å². The molecule has 0 radical (unpaired) electrons. The van der Waals surface area contributed by atoms with Gasteiger partial charge in [0.2, 0.25) is 0 Å². The van der Waals surface area contributed by atoms with Gasteiger partial charge in [-0.2, -0.15) is 5.26 Å². The highest BCUT2D eigenvalue weighted by molar-refractivity contribution is 6.14. The minimum atomic E-state index is 0.594. The van der Waals surface area contributed by atoms with E-state index in [0.717, 1.165) is 66.8 Å². The molecule has 10 aromatic carbocycles. The first kappa shape index (κ1) is 38.2. The average Bonchev–Trinajstić information content (AvgIpc) is 3.38. The van der Waals surface area contributed by atoms with Crippen molar-refractivity contribution in [2.45, 2.75) is 0 Å². The molecule has 0 bridgehead atoms. The Labute approximate surface area is 372 Å². The monoisotopic (exact) mass is 814 g/mol. The van der Waals surface area contributed by atoms with Gasteiger partial charge >= 0.3 is 0 Å². The maximum atomic E-state index is 10.3. The molecule has 0 N–H and O–H groups in total. The van der Waals surface area contributed by atoms with Crippen LogP contribution in [0.4, 0.5) is 0 Å². The van der Waals surface area contributed by atoms with E-state index in [2.05, 4.69) is 176 Å². The smallest absolute Gasteiger partial charge is 0.164 e. The van der Waals surface area contributed by atoms with Crippen molar-refractivity contribution in [2.75, 3.05) is 0 Å². The first-order valence-electron chi connectivity index (χ1n) is 21.4. The molecule has 11 aromatic rings. The molecule has 0 aliphatic rings. The molecule has 0 unspecified atom stereocenters. The predicted molar refractivity (Wildman–Crippen MR) is 263 cm³/mol. The number of benzene rings is 10. The van der Waals surface area contributed by atoms with E-state index in [4.69, 9.17) is 15.0 Å². The van der Waals surface area contributed by atoms with Crippen LogP contribution in [0.25, 0.3) is 111 Å². The lowest BCUT2D eigenvalue weighted by Gasteiger charge is -2.14. The Hall–Kier alpha value is -8.78. The molecule has 0 atom stereocenters. The van der Waals surface area contributed by atoms with Gasteiger partial charge in [-0.3, -0.25) is 0 Å².